The van der Waals surface area contributed by atoms with E-state index in [9.17, 15) is 9.59 Å². The van der Waals surface area contributed by atoms with E-state index < -0.39 is 5.97 Å². The van der Waals surface area contributed by atoms with Crippen molar-refractivity contribution in [1.29, 1.82) is 0 Å². The molecule has 2 rings (SSSR count). The van der Waals surface area contributed by atoms with Crippen LogP contribution in [0.25, 0.3) is 0 Å². The fourth-order valence-electron chi connectivity index (χ4n) is 1.92. The molecule has 1 amide bonds. The van der Waals surface area contributed by atoms with Crippen molar-refractivity contribution in [3.05, 3.63) is 54.1 Å². The summed E-state index contributed by atoms with van der Waals surface area (Å²) in [6.07, 6.45) is 4.95. The highest BCUT2D eigenvalue weighted by Crippen LogP contribution is 2.09. The molecule has 0 radical (unpaired) electrons. The molecular formula is C14H15N3O3. The van der Waals surface area contributed by atoms with Gasteiger partial charge in [0, 0.05) is 32.2 Å². The number of hydrogen-bond acceptors (Lipinski definition) is 3. The molecule has 0 spiro atoms. The highest BCUT2D eigenvalue weighted by atomic mass is 16.4. The molecule has 2 aromatic rings. The van der Waals surface area contributed by atoms with Gasteiger partial charge in [0.25, 0.3) is 5.91 Å². The van der Waals surface area contributed by atoms with Crippen LogP contribution in [0.3, 0.4) is 0 Å². The number of pyridine rings is 1. The van der Waals surface area contributed by atoms with E-state index >= 15 is 0 Å². The van der Waals surface area contributed by atoms with Gasteiger partial charge in [0.05, 0.1) is 0 Å². The van der Waals surface area contributed by atoms with Gasteiger partial charge >= 0.3 is 5.97 Å². The first-order chi connectivity index (χ1) is 9.58. The smallest absolute Gasteiger partial charge is 0.323 e. The van der Waals surface area contributed by atoms with Crippen LogP contribution in [0.5, 0.6) is 0 Å². The van der Waals surface area contributed by atoms with Gasteiger partial charge in [-0.25, -0.2) is 0 Å². The molecule has 0 saturated heterocycles. The molecule has 0 bridgehead atoms. The number of carbonyl (C=O) groups is 2. The first-order valence-corrected chi connectivity index (χ1v) is 6.09. The second-order valence-corrected chi connectivity index (χ2v) is 4.44. The lowest BCUT2D eigenvalue weighted by molar-refractivity contribution is -0.137. The lowest BCUT2D eigenvalue weighted by atomic mass is 10.2. The van der Waals surface area contributed by atoms with Crippen LogP contribution in [0.4, 0.5) is 0 Å². The van der Waals surface area contributed by atoms with Crippen molar-refractivity contribution in [1.82, 2.24) is 14.5 Å². The summed E-state index contributed by atoms with van der Waals surface area (Å²) in [6.45, 7) is 0.194. The molecule has 0 aliphatic heterocycles. The van der Waals surface area contributed by atoms with Crippen molar-refractivity contribution in [3.8, 4) is 0 Å². The van der Waals surface area contributed by atoms with Gasteiger partial charge in [0.15, 0.2) is 0 Å². The van der Waals surface area contributed by atoms with Crippen LogP contribution in [-0.4, -0.2) is 38.5 Å². The van der Waals surface area contributed by atoms with Gasteiger partial charge in [-0.05, 0) is 23.8 Å². The zero-order valence-electron chi connectivity index (χ0n) is 11.1. The second-order valence-electron chi connectivity index (χ2n) is 4.44. The summed E-state index contributed by atoms with van der Waals surface area (Å²) in [5, 5.41) is 8.81. The zero-order valence-corrected chi connectivity index (χ0v) is 11.1. The maximum Gasteiger partial charge on any atom is 0.323 e. The molecule has 104 valence electrons. The van der Waals surface area contributed by atoms with Gasteiger partial charge in [0.1, 0.15) is 12.2 Å². The molecule has 0 saturated carbocycles. The van der Waals surface area contributed by atoms with Crippen LogP contribution in [0.2, 0.25) is 0 Å². The van der Waals surface area contributed by atoms with E-state index in [0.29, 0.717) is 12.2 Å². The third-order valence-corrected chi connectivity index (χ3v) is 2.84. The number of aromatic nitrogens is 2. The molecule has 0 aliphatic carbocycles. The molecule has 0 fully saturated rings. The third-order valence-electron chi connectivity index (χ3n) is 2.84. The molecule has 0 aliphatic rings. The van der Waals surface area contributed by atoms with Crippen LogP contribution in [0.1, 0.15) is 16.1 Å². The first kappa shape index (κ1) is 13.8. The fourth-order valence-corrected chi connectivity index (χ4v) is 1.92. The van der Waals surface area contributed by atoms with Crippen molar-refractivity contribution in [2.75, 3.05) is 7.05 Å². The Morgan fingerprint density at radius 2 is 2.15 bits per heavy atom. The zero-order chi connectivity index (χ0) is 14.5. The van der Waals surface area contributed by atoms with Crippen LogP contribution >= 0.6 is 0 Å². The Kier molecular flexibility index (Phi) is 4.14. The highest BCUT2D eigenvalue weighted by molar-refractivity contribution is 5.93. The molecule has 2 aromatic heterocycles. The lowest BCUT2D eigenvalue weighted by Gasteiger charge is -2.18. The topological polar surface area (TPSA) is 75.4 Å². The number of aliphatic carboxylic acids is 1. The minimum atomic E-state index is -0.981. The SMILES string of the molecule is CN(Cc1cccnc1)C(=O)c1cccn1CC(=O)O. The van der Waals surface area contributed by atoms with E-state index in [2.05, 4.69) is 4.98 Å². The summed E-state index contributed by atoms with van der Waals surface area (Å²) in [5.41, 5.74) is 1.28. The Balaban J connectivity index is 2.11. The van der Waals surface area contributed by atoms with Crippen LogP contribution < -0.4 is 0 Å². The van der Waals surface area contributed by atoms with Crippen molar-refractivity contribution in [2.24, 2.45) is 0 Å². The Labute approximate surface area is 116 Å². The molecule has 6 heteroatoms. The van der Waals surface area contributed by atoms with Crippen LogP contribution in [-0.2, 0) is 17.9 Å². The van der Waals surface area contributed by atoms with Gasteiger partial charge in [0.2, 0.25) is 0 Å². The van der Waals surface area contributed by atoms with E-state index in [4.69, 9.17) is 5.11 Å². The maximum atomic E-state index is 12.3. The first-order valence-electron chi connectivity index (χ1n) is 6.09. The molecule has 20 heavy (non-hydrogen) atoms. The van der Waals surface area contributed by atoms with Gasteiger partial charge in [-0.3, -0.25) is 14.6 Å². The Morgan fingerprint density at radius 1 is 1.35 bits per heavy atom. The summed E-state index contributed by atoms with van der Waals surface area (Å²) < 4.78 is 1.42. The number of rotatable bonds is 5. The minimum absolute atomic E-state index is 0.222. The Hall–Kier alpha value is -2.63. The molecule has 0 atom stereocenters. The maximum absolute atomic E-state index is 12.3. The Morgan fingerprint density at radius 3 is 2.80 bits per heavy atom. The standard InChI is InChI=1S/C14H15N3O3/c1-16(9-11-4-2-6-15-8-11)14(20)12-5-3-7-17(12)10-13(18)19/h2-8H,9-10H2,1H3,(H,18,19). The van der Waals surface area contributed by atoms with Crippen molar-refractivity contribution < 1.29 is 14.7 Å². The summed E-state index contributed by atoms with van der Waals surface area (Å²) in [7, 11) is 1.67. The quantitative estimate of drug-likeness (QED) is 0.889. The highest BCUT2D eigenvalue weighted by Gasteiger charge is 2.16. The molecule has 1 N–H and O–H groups in total. The minimum Gasteiger partial charge on any atom is -0.480 e. The largest absolute Gasteiger partial charge is 0.480 e. The molecule has 0 unspecified atom stereocenters. The summed E-state index contributed by atoms with van der Waals surface area (Å²) in [5.74, 6) is -1.20. The van der Waals surface area contributed by atoms with E-state index in [1.807, 2.05) is 6.07 Å². The van der Waals surface area contributed by atoms with E-state index in [0.717, 1.165) is 5.56 Å². The van der Waals surface area contributed by atoms with Crippen LogP contribution in [0, 0.1) is 0 Å². The molecule has 6 nitrogen and oxygen atoms in total. The van der Waals surface area contributed by atoms with Crippen molar-refractivity contribution in [2.45, 2.75) is 13.1 Å². The molecule has 2 heterocycles. The van der Waals surface area contributed by atoms with Crippen molar-refractivity contribution in [3.63, 3.8) is 0 Å². The van der Waals surface area contributed by atoms with E-state index in [1.165, 1.54) is 9.47 Å². The third kappa shape index (κ3) is 3.23. The monoisotopic (exact) mass is 273 g/mol. The van der Waals surface area contributed by atoms with Gasteiger partial charge < -0.3 is 14.6 Å². The number of nitrogens with zero attached hydrogens (tertiary/aromatic N) is 3. The summed E-state index contributed by atoms with van der Waals surface area (Å²) >= 11 is 0. The normalized spacial score (nSPS) is 10.2. The predicted octanol–water partition coefficient (Wildman–Crippen LogP) is 1.24. The van der Waals surface area contributed by atoms with E-state index in [-0.39, 0.29) is 12.5 Å². The lowest BCUT2D eigenvalue weighted by Crippen LogP contribution is -2.29. The number of hydrogen-bond donors (Lipinski definition) is 1. The average Bonchev–Trinajstić information content (AvgIpc) is 2.86. The Bertz CT molecular complexity index is 607. The summed E-state index contributed by atoms with van der Waals surface area (Å²) in [4.78, 5) is 28.6. The average molecular weight is 273 g/mol. The summed E-state index contributed by atoms with van der Waals surface area (Å²) in [6, 6.07) is 6.97. The van der Waals surface area contributed by atoms with Crippen molar-refractivity contribution >= 4 is 11.9 Å². The number of amides is 1. The van der Waals surface area contributed by atoms with E-state index in [1.54, 1.807) is 43.8 Å². The van der Waals surface area contributed by atoms with Crippen LogP contribution in [0.15, 0.2) is 42.9 Å². The number of carboxylic acids is 1. The number of carbonyl (C=O) groups excluding carboxylic acids is 1. The van der Waals surface area contributed by atoms with Gasteiger partial charge in [-0.15, -0.1) is 0 Å². The van der Waals surface area contributed by atoms with Gasteiger partial charge in [-0.1, -0.05) is 6.07 Å². The predicted molar refractivity (Wildman–Crippen MR) is 72.1 cm³/mol. The second kappa shape index (κ2) is 6.01. The van der Waals surface area contributed by atoms with Gasteiger partial charge in [-0.2, -0.15) is 0 Å². The number of carboxylic acid groups (broad SMARTS) is 1. The molecule has 0 aromatic carbocycles. The fraction of sp³-hybridized carbons (Fsp3) is 0.214. The molecular weight excluding hydrogens is 258 g/mol.